The van der Waals surface area contributed by atoms with E-state index < -0.39 is 6.10 Å². The Balaban J connectivity index is 1.39. The summed E-state index contributed by atoms with van der Waals surface area (Å²) in [5, 5.41) is 0. The number of aromatic nitrogens is 3. The van der Waals surface area contributed by atoms with Crippen molar-refractivity contribution in [3.63, 3.8) is 0 Å². The number of amides is 1. The summed E-state index contributed by atoms with van der Waals surface area (Å²) in [7, 11) is 1.96. The molecule has 2 aliphatic heterocycles. The van der Waals surface area contributed by atoms with Crippen LogP contribution in [0.25, 0.3) is 11.2 Å². The minimum absolute atomic E-state index is 0.0292. The largest absolute Gasteiger partial charge is 0.365 e. The van der Waals surface area contributed by atoms with Crippen molar-refractivity contribution in [2.24, 2.45) is 7.05 Å². The fourth-order valence-corrected chi connectivity index (χ4v) is 4.02. The zero-order valence-electron chi connectivity index (χ0n) is 15.2. The second-order valence-electron chi connectivity index (χ2n) is 6.99. The molecular weight excluding hydrogens is 342 g/mol. The Labute approximate surface area is 157 Å². The van der Waals surface area contributed by atoms with Crippen LogP contribution in [0.3, 0.4) is 0 Å². The molecule has 1 saturated heterocycles. The fraction of sp³-hybridized carbons (Fsp3) is 0.350. The molecule has 0 radical (unpaired) electrons. The molecule has 4 heterocycles. The number of imidazole rings is 1. The Hall–Kier alpha value is -2.93. The number of rotatable bonds is 2. The van der Waals surface area contributed by atoms with E-state index in [-0.39, 0.29) is 5.91 Å². The molecule has 0 N–H and O–H groups in total. The molecular formula is C20H21N5O2. The minimum Gasteiger partial charge on any atom is -0.365 e. The molecule has 0 saturated carbocycles. The molecule has 1 aromatic carbocycles. The summed E-state index contributed by atoms with van der Waals surface area (Å²) >= 11 is 0. The van der Waals surface area contributed by atoms with Crippen LogP contribution >= 0.6 is 0 Å². The van der Waals surface area contributed by atoms with Crippen LogP contribution in [-0.4, -0.2) is 52.8 Å². The van der Waals surface area contributed by atoms with E-state index >= 15 is 0 Å². The number of benzene rings is 1. The van der Waals surface area contributed by atoms with Crippen molar-refractivity contribution in [1.82, 2.24) is 14.5 Å². The molecule has 1 amide bonds. The van der Waals surface area contributed by atoms with Gasteiger partial charge < -0.3 is 14.5 Å². The van der Waals surface area contributed by atoms with Crippen molar-refractivity contribution >= 4 is 28.7 Å². The third kappa shape index (κ3) is 2.66. The van der Waals surface area contributed by atoms with Crippen molar-refractivity contribution in [3.8, 4) is 0 Å². The number of nitrogens with zero attached hydrogens (tertiary/aromatic N) is 5. The number of hydrogen-bond acceptors (Lipinski definition) is 5. The van der Waals surface area contributed by atoms with E-state index in [1.165, 1.54) is 5.56 Å². The molecule has 3 aromatic rings. The van der Waals surface area contributed by atoms with Crippen LogP contribution in [-0.2, 0) is 23.0 Å². The highest BCUT2D eigenvalue weighted by Crippen LogP contribution is 2.29. The molecule has 7 nitrogen and oxygen atoms in total. The van der Waals surface area contributed by atoms with Crippen LogP contribution in [0.4, 0.5) is 11.6 Å². The lowest BCUT2D eigenvalue weighted by Crippen LogP contribution is -2.51. The maximum atomic E-state index is 13.1. The van der Waals surface area contributed by atoms with Gasteiger partial charge in [-0.1, -0.05) is 18.2 Å². The first kappa shape index (κ1) is 16.3. The van der Waals surface area contributed by atoms with Gasteiger partial charge in [-0.15, -0.1) is 0 Å². The quantitative estimate of drug-likeness (QED) is 0.694. The number of ether oxygens (including phenoxy) is 1. The zero-order chi connectivity index (χ0) is 18.4. The van der Waals surface area contributed by atoms with Crippen molar-refractivity contribution in [2.75, 3.05) is 36.0 Å². The first-order chi connectivity index (χ1) is 13.2. The van der Waals surface area contributed by atoms with E-state index in [0.717, 1.165) is 29.2 Å². The van der Waals surface area contributed by atoms with Crippen molar-refractivity contribution in [2.45, 2.75) is 12.5 Å². The zero-order valence-corrected chi connectivity index (χ0v) is 15.2. The molecule has 2 aliphatic rings. The van der Waals surface area contributed by atoms with E-state index in [1.54, 1.807) is 6.20 Å². The molecule has 27 heavy (non-hydrogen) atoms. The summed E-state index contributed by atoms with van der Waals surface area (Å²) in [5.41, 5.74) is 3.93. The number of para-hydroxylation sites is 1. The normalized spacial score (nSPS) is 19.5. The van der Waals surface area contributed by atoms with Gasteiger partial charge in [0.05, 0.1) is 13.2 Å². The Bertz CT molecular complexity index is 1010. The number of carbonyl (C=O) groups excluding carboxylic acids is 1. The Morgan fingerprint density at radius 3 is 2.96 bits per heavy atom. The maximum Gasteiger partial charge on any atom is 0.257 e. The topological polar surface area (TPSA) is 63.5 Å². The van der Waals surface area contributed by atoms with Gasteiger partial charge in [-0.05, 0) is 30.2 Å². The second-order valence-corrected chi connectivity index (χ2v) is 6.99. The van der Waals surface area contributed by atoms with Crippen molar-refractivity contribution in [3.05, 3.63) is 48.2 Å². The Morgan fingerprint density at radius 1 is 1.19 bits per heavy atom. The van der Waals surface area contributed by atoms with Gasteiger partial charge in [0.15, 0.2) is 11.8 Å². The lowest BCUT2D eigenvalue weighted by molar-refractivity contribution is -0.130. The Morgan fingerprint density at radius 2 is 2.07 bits per heavy atom. The lowest BCUT2D eigenvalue weighted by atomic mass is 10.2. The van der Waals surface area contributed by atoms with Gasteiger partial charge in [-0.25, -0.2) is 9.97 Å². The standard InChI is InChI=1S/C20H21N5O2/c1-23-18-15(6-4-9-21-18)22-20(23)24-11-12-27-17(13-24)19(26)25-10-8-14-5-2-3-7-16(14)25/h2-7,9,17H,8,10-13H2,1H3. The number of aryl methyl sites for hydroxylation is 1. The molecule has 5 rings (SSSR count). The molecule has 1 fully saturated rings. The predicted molar refractivity (Wildman–Crippen MR) is 103 cm³/mol. The summed E-state index contributed by atoms with van der Waals surface area (Å²) < 4.78 is 7.83. The lowest BCUT2D eigenvalue weighted by Gasteiger charge is -2.34. The second kappa shape index (κ2) is 6.35. The van der Waals surface area contributed by atoms with Crippen LogP contribution in [0, 0.1) is 0 Å². The average molecular weight is 363 g/mol. The number of carbonyl (C=O) groups is 1. The number of pyridine rings is 1. The van der Waals surface area contributed by atoms with Gasteiger partial charge in [0, 0.05) is 32.0 Å². The van der Waals surface area contributed by atoms with Gasteiger partial charge in [0.2, 0.25) is 5.95 Å². The average Bonchev–Trinajstić information content (AvgIpc) is 3.29. The number of anilines is 2. The van der Waals surface area contributed by atoms with E-state index in [0.29, 0.717) is 26.2 Å². The van der Waals surface area contributed by atoms with Gasteiger partial charge in [0.1, 0.15) is 5.52 Å². The minimum atomic E-state index is -0.488. The summed E-state index contributed by atoms with van der Waals surface area (Å²) in [4.78, 5) is 26.2. The first-order valence-corrected chi connectivity index (χ1v) is 9.25. The van der Waals surface area contributed by atoms with Crippen LogP contribution in [0.2, 0.25) is 0 Å². The van der Waals surface area contributed by atoms with E-state index in [9.17, 15) is 4.79 Å². The van der Waals surface area contributed by atoms with E-state index in [1.807, 2.05) is 46.8 Å². The Kier molecular flexibility index (Phi) is 3.82. The van der Waals surface area contributed by atoms with Crippen LogP contribution in [0.15, 0.2) is 42.6 Å². The van der Waals surface area contributed by atoms with Crippen LogP contribution in [0.1, 0.15) is 5.56 Å². The van der Waals surface area contributed by atoms with E-state index in [4.69, 9.17) is 9.72 Å². The fourth-order valence-electron chi connectivity index (χ4n) is 4.02. The number of fused-ring (bicyclic) bond motifs is 2. The molecule has 138 valence electrons. The SMILES string of the molecule is Cn1c(N2CCOC(C(=O)N3CCc4ccccc43)C2)nc2cccnc21. The monoisotopic (exact) mass is 363 g/mol. The van der Waals surface area contributed by atoms with Gasteiger partial charge in [-0.2, -0.15) is 0 Å². The molecule has 7 heteroatoms. The van der Waals surface area contributed by atoms with Gasteiger partial charge in [-0.3, -0.25) is 9.36 Å². The van der Waals surface area contributed by atoms with Crippen LogP contribution in [0.5, 0.6) is 0 Å². The smallest absolute Gasteiger partial charge is 0.257 e. The van der Waals surface area contributed by atoms with Crippen LogP contribution < -0.4 is 9.80 Å². The molecule has 1 atom stereocenters. The van der Waals surface area contributed by atoms with E-state index in [2.05, 4.69) is 16.0 Å². The predicted octanol–water partition coefficient (Wildman–Crippen LogP) is 1.76. The highest BCUT2D eigenvalue weighted by molar-refractivity contribution is 5.98. The molecule has 0 aliphatic carbocycles. The summed E-state index contributed by atoms with van der Waals surface area (Å²) in [6.07, 6.45) is 2.18. The molecule has 2 aromatic heterocycles. The third-order valence-electron chi connectivity index (χ3n) is 5.38. The molecule has 0 bridgehead atoms. The molecule has 0 spiro atoms. The third-order valence-corrected chi connectivity index (χ3v) is 5.38. The number of morpholine rings is 1. The molecule has 1 unspecified atom stereocenters. The maximum absolute atomic E-state index is 13.1. The van der Waals surface area contributed by atoms with Crippen molar-refractivity contribution < 1.29 is 9.53 Å². The highest BCUT2D eigenvalue weighted by atomic mass is 16.5. The highest BCUT2D eigenvalue weighted by Gasteiger charge is 2.34. The number of hydrogen-bond donors (Lipinski definition) is 0. The summed E-state index contributed by atoms with van der Waals surface area (Å²) in [6, 6.07) is 11.9. The first-order valence-electron chi connectivity index (χ1n) is 9.25. The van der Waals surface area contributed by atoms with Crippen molar-refractivity contribution in [1.29, 1.82) is 0 Å². The summed E-state index contributed by atoms with van der Waals surface area (Å²) in [6.45, 7) is 2.42. The summed E-state index contributed by atoms with van der Waals surface area (Å²) in [5.74, 6) is 0.855. The van der Waals surface area contributed by atoms with Gasteiger partial charge in [0.25, 0.3) is 5.91 Å². The van der Waals surface area contributed by atoms with Gasteiger partial charge >= 0.3 is 0 Å².